The molecule has 0 heterocycles. The SMILES string of the molecule is CCNC(=O)C(C)NC(=O)c1ccccc1NC(C)C. The van der Waals surface area contributed by atoms with Gasteiger partial charge in [-0.2, -0.15) is 0 Å². The lowest BCUT2D eigenvalue weighted by atomic mass is 10.1. The summed E-state index contributed by atoms with van der Waals surface area (Å²) in [6.07, 6.45) is 0. The molecule has 1 rings (SSSR count). The van der Waals surface area contributed by atoms with Gasteiger partial charge in [0.05, 0.1) is 5.56 Å². The molecule has 5 heteroatoms. The van der Waals surface area contributed by atoms with E-state index in [1.807, 2.05) is 32.9 Å². The number of para-hydroxylation sites is 1. The fourth-order valence-electron chi connectivity index (χ4n) is 1.79. The molecule has 0 aliphatic heterocycles. The molecule has 0 saturated carbocycles. The Morgan fingerprint density at radius 3 is 2.40 bits per heavy atom. The average Bonchev–Trinajstić information content (AvgIpc) is 2.38. The first-order valence-electron chi connectivity index (χ1n) is 6.89. The van der Waals surface area contributed by atoms with Crippen molar-refractivity contribution in [3.63, 3.8) is 0 Å². The first kappa shape index (κ1) is 16.0. The molecule has 1 unspecified atom stereocenters. The third kappa shape index (κ3) is 4.57. The molecule has 0 aromatic heterocycles. The predicted octanol–water partition coefficient (Wildman–Crippen LogP) is 1.76. The number of amides is 2. The fraction of sp³-hybridized carbons (Fsp3) is 0.467. The molecule has 0 radical (unpaired) electrons. The summed E-state index contributed by atoms with van der Waals surface area (Å²) in [7, 11) is 0. The van der Waals surface area contributed by atoms with Crippen molar-refractivity contribution in [2.75, 3.05) is 11.9 Å². The Balaban J connectivity index is 2.79. The normalized spacial score (nSPS) is 11.8. The van der Waals surface area contributed by atoms with Crippen molar-refractivity contribution >= 4 is 17.5 Å². The molecule has 5 nitrogen and oxygen atoms in total. The van der Waals surface area contributed by atoms with Crippen LogP contribution >= 0.6 is 0 Å². The average molecular weight is 277 g/mol. The third-order valence-electron chi connectivity index (χ3n) is 2.71. The number of hydrogen-bond donors (Lipinski definition) is 3. The Morgan fingerprint density at radius 2 is 1.80 bits per heavy atom. The minimum absolute atomic E-state index is 0.185. The van der Waals surface area contributed by atoms with E-state index >= 15 is 0 Å². The van der Waals surface area contributed by atoms with E-state index in [1.54, 1.807) is 19.1 Å². The maximum atomic E-state index is 12.2. The van der Waals surface area contributed by atoms with Crippen LogP contribution < -0.4 is 16.0 Å². The number of hydrogen-bond acceptors (Lipinski definition) is 3. The fourth-order valence-corrected chi connectivity index (χ4v) is 1.79. The molecule has 0 saturated heterocycles. The molecule has 20 heavy (non-hydrogen) atoms. The summed E-state index contributed by atoms with van der Waals surface area (Å²) in [6, 6.07) is 6.93. The maximum Gasteiger partial charge on any atom is 0.254 e. The van der Waals surface area contributed by atoms with Gasteiger partial charge in [0, 0.05) is 18.3 Å². The van der Waals surface area contributed by atoms with Crippen LogP contribution in [0, 0.1) is 0 Å². The standard InChI is InChI=1S/C15H23N3O2/c1-5-16-14(19)11(4)18-15(20)12-8-6-7-9-13(12)17-10(2)3/h6-11,17H,5H2,1-4H3,(H,16,19)(H,18,20). The number of likely N-dealkylation sites (N-methyl/N-ethyl adjacent to an activating group) is 1. The summed E-state index contributed by atoms with van der Waals surface area (Å²) in [4.78, 5) is 23.9. The van der Waals surface area contributed by atoms with E-state index < -0.39 is 6.04 Å². The first-order valence-corrected chi connectivity index (χ1v) is 6.89. The second-order valence-electron chi connectivity index (χ2n) is 4.93. The van der Waals surface area contributed by atoms with E-state index in [4.69, 9.17) is 0 Å². The van der Waals surface area contributed by atoms with Gasteiger partial charge in [-0.15, -0.1) is 0 Å². The Morgan fingerprint density at radius 1 is 1.15 bits per heavy atom. The molecule has 0 aliphatic rings. The lowest BCUT2D eigenvalue weighted by molar-refractivity contribution is -0.122. The van der Waals surface area contributed by atoms with E-state index in [0.717, 1.165) is 5.69 Å². The van der Waals surface area contributed by atoms with Crippen molar-refractivity contribution in [2.24, 2.45) is 0 Å². The van der Waals surface area contributed by atoms with Gasteiger partial charge in [0.25, 0.3) is 5.91 Å². The van der Waals surface area contributed by atoms with Crippen LogP contribution in [0.4, 0.5) is 5.69 Å². The highest BCUT2D eigenvalue weighted by Crippen LogP contribution is 2.16. The summed E-state index contributed by atoms with van der Waals surface area (Å²) in [6.45, 7) is 8.07. The second-order valence-corrected chi connectivity index (χ2v) is 4.93. The molecule has 0 spiro atoms. The summed E-state index contributed by atoms with van der Waals surface area (Å²) in [5, 5.41) is 8.60. The van der Waals surface area contributed by atoms with Crippen molar-refractivity contribution < 1.29 is 9.59 Å². The maximum absolute atomic E-state index is 12.2. The molecule has 3 N–H and O–H groups in total. The molecular weight excluding hydrogens is 254 g/mol. The minimum atomic E-state index is -0.561. The van der Waals surface area contributed by atoms with E-state index in [0.29, 0.717) is 12.1 Å². The van der Waals surface area contributed by atoms with Crippen molar-refractivity contribution in [1.29, 1.82) is 0 Å². The van der Waals surface area contributed by atoms with Crippen LogP contribution in [0.25, 0.3) is 0 Å². The Bertz CT molecular complexity index is 472. The van der Waals surface area contributed by atoms with Gasteiger partial charge in [0.1, 0.15) is 6.04 Å². The molecule has 110 valence electrons. The molecular formula is C15H23N3O2. The van der Waals surface area contributed by atoms with Crippen molar-refractivity contribution in [3.05, 3.63) is 29.8 Å². The van der Waals surface area contributed by atoms with E-state index in [-0.39, 0.29) is 17.9 Å². The number of rotatable bonds is 6. The number of anilines is 1. The highest BCUT2D eigenvalue weighted by molar-refractivity contribution is 6.01. The van der Waals surface area contributed by atoms with Gasteiger partial charge in [-0.25, -0.2) is 0 Å². The van der Waals surface area contributed by atoms with Crippen LogP contribution in [0.2, 0.25) is 0 Å². The highest BCUT2D eigenvalue weighted by atomic mass is 16.2. The summed E-state index contributed by atoms with van der Waals surface area (Å²) in [5.41, 5.74) is 1.31. The van der Waals surface area contributed by atoms with Crippen LogP contribution in [0.3, 0.4) is 0 Å². The number of nitrogens with one attached hydrogen (secondary N) is 3. The van der Waals surface area contributed by atoms with Gasteiger partial charge in [-0.1, -0.05) is 12.1 Å². The third-order valence-corrected chi connectivity index (χ3v) is 2.71. The second kappa shape index (κ2) is 7.53. The number of benzene rings is 1. The van der Waals surface area contributed by atoms with Crippen LogP contribution in [-0.4, -0.2) is 30.4 Å². The minimum Gasteiger partial charge on any atom is -0.382 e. The quantitative estimate of drug-likeness (QED) is 0.742. The van der Waals surface area contributed by atoms with Gasteiger partial charge in [-0.3, -0.25) is 9.59 Å². The van der Waals surface area contributed by atoms with Crippen LogP contribution in [0.5, 0.6) is 0 Å². The zero-order chi connectivity index (χ0) is 15.1. The molecule has 0 fully saturated rings. The molecule has 1 aromatic rings. The predicted molar refractivity (Wildman–Crippen MR) is 80.8 cm³/mol. The number of carbonyl (C=O) groups is 2. The van der Waals surface area contributed by atoms with Crippen LogP contribution in [0.1, 0.15) is 38.1 Å². The lowest BCUT2D eigenvalue weighted by Gasteiger charge is -2.17. The molecule has 2 amide bonds. The Labute approximate surface area is 120 Å². The highest BCUT2D eigenvalue weighted by Gasteiger charge is 2.17. The van der Waals surface area contributed by atoms with Gasteiger partial charge in [0.15, 0.2) is 0 Å². The largest absolute Gasteiger partial charge is 0.382 e. The Kier molecular flexibility index (Phi) is 6.03. The molecule has 0 bridgehead atoms. The van der Waals surface area contributed by atoms with E-state index in [1.165, 1.54) is 0 Å². The zero-order valence-electron chi connectivity index (χ0n) is 12.5. The smallest absolute Gasteiger partial charge is 0.254 e. The van der Waals surface area contributed by atoms with Crippen molar-refractivity contribution in [3.8, 4) is 0 Å². The molecule has 1 aromatic carbocycles. The molecule has 0 aliphatic carbocycles. The zero-order valence-corrected chi connectivity index (χ0v) is 12.5. The van der Waals surface area contributed by atoms with E-state index in [2.05, 4.69) is 16.0 Å². The van der Waals surface area contributed by atoms with Gasteiger partial charge in [0.2, 0.25) is 5.91 Å². The van der Waals surface area contributed by atoms with Gasteiger partial charge in [-0.05, 0) is 39.8 Å². The number of carbonyl (C=O) groups excluding carboxylic acids is 2. The summed E-state index contributed by atoms with van der Waals surface area (Å²) >= 11 is 0. The topological polar surface area (TPSA) is 70.2 Å². The van der Waals surface area contributed by atoms with Crippen LogP contribution in [-0.2, 0) is 4.79 Å². The monoisotopic (exact) mass is 277 g/mol. The van der Waals surface area contributed by atoms with Crippen molar-refractivity contribution in [1.82, 2.24) is 10.6 Å². The van der Waals surface area contributed by atoms with Gasteiger partial charge >= 0.3 is 0 Å². The van der Waals surface area contributed by atoms with E-state index in [9.17, 15) is 9.59 Å². The van der Waals surface area contributed by atoms with Crippen molar-refractivity contribution in [2.45, 2.75) is 39.8 Å². The summed E-state index contributed by atoms with van der Waals surface area (Å²) in [5.74, 6) is -0.442. The van der Waals surface area contributed by atoms with Gasteiger partial charge < -0.3 is 16.0 Å². The summed E-state index contributed by atoms with van der Waals surface area (Å²) < 4.78 is 0. The van der Waals surface area contributed by atoms with Crippen LogP contribution in [0.15, 0.2) is 24.3 Å². The first-order chi connectivity index (χ1) is 9.45. The Hall–Kier alpha value is -2.04. The lowest BCUT2D eigenvalue weighted by Crippen LogP contribution is -2.44. The molecule has 1 atom stereocenters.